The van der Waals surface area contributed by atoms with Gasteiger partial charge >= 0.3 is 0 Å². The van der Waals surface area contributed by atoms with Gasteiger partial charge in [0, 0.05) is 5.69 Å². The van der Waals surface area contributed by atoms with Gasteiger partial charge in [0.2, 0.25) is 0 Å². The predicted octanol–water partition coefficient (Wildman–Crippen LogP) is 3.32. The number of hydrogen-bond acceptors (Lipinski definition) is 2. The van der Waals surface area contributed by atoms with Gasteiger partial charge in [0.1, 0.15) is 11.9 Å². The van der Waals surface area contributed by atoms with Crippen molar-refractivity contribution in [2.24, 2.45) is 5.92 Å². The molecule has 84 valence electrons. The molecule has 0 heterocycles. The van der Waals surface area contributed by atoms with Crippen molar-refractivity contribution in [2.75, 3.05) is 5.32 Å². The van der Waals surface area contributed by atoms with E-state index in [4.69, 9.17) is 5.26 Å². The van der Waals surface area contributed by atoms with Gasteiger partial charge in [-0.3, -0.25) is 0 Å². The number of hydrogen-bond donors (Lipinski definition) is 1. The molecule has 16 heavy (non-hydrogen) atoms. The number of nitrogens with one attached hydrogen (secondary N) is 1. The van der Waals surface area contributed by atoms with E-state index in [0.717, 1.165) is 12.8 Å². The Balaban J connectivity index is 2.04. The largest absolute Gasteiger partial charge is 0.370 e. The maximum absolute atomic E-state index is 13.0. The summed E-state index contributed by atoms with van der Waals surface area (Å²) in [6.45, 7) is 0. The van der Waals surface area contributed by atoms with Crippen LogP contribution in [0.1, 0.15) is 25.7 Å². The van der Waals surface area contributed by atoms with Gasteiger partial charge in [-0.15, -0.1) is 0 Å². The molecule has 2 nitrogen and oxygen atoms in total. The van der Waals surface area contributed by atoms with Crippen LogP contribution in [0.15, 0.2) is 24.3 Å². The molecule has 0 bridgehead atoms. The van der Waals surface area contributed by atoms with Gasteiger partial charge in [-0.25, -0.2) is 4.39 Å². The quantitative estimate of drug-likeness (QED) is 0.844. The fourth-order valence-corrected chi connectivity index (χ4v) is 2.30. The first kappa shape index (κ1) is 10.9. The van der Waals surface area contributed by atoms with E-state index in [1.165, 1.54) is 25.0 Å². The lowest BCUT2D eigenvalue weighted by Crippen LogP contribution is -2.25. The summed E-state index contributed by atoms with van der Waals surface area (Å²) in [6.07, 6.45) is 4.60. The molecule has 0 spiro atoms. The molecule has 1 unspecified atom stereocenters. The Hall–Kier alpha value is -1.56. The van der Waals surface area contributed by atoms with Crippen LogP contribution in [-0.4, -0.2) is 6.04 Å². The lowest BCUT2D eigenvalue weighted by Gasteiger charge is -2.18. The Labute approximate surface area is 95.1 Å². The number of nitriles is 1. The highest BCUT2D eigenvalue weighted by Gasteiger charge is 2.24. The van der Waals surface area contributed by atoms with Crippen molar-refractivity contribution in [3.05, 3.63) is 30.1 Å². The summed E-state index contributed by atoms with van der Waals surface area (Å²) >= 11 is 0. The van der Waals surface area contributed by atoms with Gasteiger partial charge in [-0.05, 0) is 37.0 Å². The molecule has 0 saturated heterocycles. The Kier molecular flexibility index (Phi) is 3.40. The average Bonchev–Trinajstić information content (AvgIpc) is 2.79. The highest BCUT2D eigenvalue weighted by Crippen LogP contribution is 2.29. The van der Waals surface area contributed by atoms with E-state index >= 15 is 0 Å². The molecule has 0 aromatic heterocycles. The zero-order valence-electron chi connectivity index (χ0n) is 9.12. The second-order valence-electron chi connectivity index (χ2n) is 4.31. The van der Waals surface area contributed by atoms with Gasteiger partial charge in [0.15, 0.2) is 0 Å². The number of nitrogens with zero attached hydrogens (tertiary/aromatic N) is 1. The third-order valence-electron chi connectivity index (χ3n) is 3.16. The van der Waals surface area contributed by atoms with Crippen LogP contribution in [0.3, 0.4) is 0 Å². The lowest BCUT2D eigenvalue weighted by atomic mass is 9.99. The minimum atomic E-state index is -0.270. The second kappa shape index (κ2) is 4.98. The summed E-state index contributed by atoms with van der Waals surface area (Å²) in [5.41, 5.74) is 0.693. The van der Waals surface area contributed by atoms with Gasteiger partial charge in [-0.1, -0.05) is 18.9 Å². The summed E-state index contributed by atoms with van der Waals surface area (Å²) < 4.78 is 13.0. The normalized spacial score (nSPS) is 18.0. The Bertz CT molecular complexity index is 391. The summed E-state index contributed by atoms with van der Waals surface area (Å²) in [5.74, 6) is 0.140. The van der Waals surface area contributed by atoms with Crippen molar-refractivity contribution in [3.63, 3.8) is 0 Å². The average molecular weight is 218 g/mol. The van der Waals surface area contributed by atoms with Gasteiger partial charge < -0.3 is 5.32 Å². The zero-order valence-corrected chi connectivity index (χ0v) is 9.12. The second-order valence-corrected chi connectivity index (χ2v) is 4.31. The van der Waals surface area contributed by atoms with Crippen molar-refractivity contribution in [1.82, 2.24) is 0 Å². The van der Waals surface area contributed by atoms with E-state index in [-0.39, 0.29) is 11.9 Å². The molecular formula is C13H15FN2. The summed E-state index contributed by atoms with van der Waals surface area (Å²) in [7, 11) is 0. The van der Waals surface area contributed by atoms with Gasteiger partial charge in [0.25, 0.3) is 0 Å². The van der Waals surface area contributed by atoms with Crippen LogP contribution in [0.2, 0.25) is 0 Å². The highest BCUT2D eigenvalue weighted by atomic mass is 19.1. The number of anilines is 1. The molecule has 1 aromatic rings. The van der Waals surface area contributed by atoms with Crippen LogP contribution in [0.25, 0.3) is 0 Å². The first-order valence-corrected chi connectivity index (χ1v) is 5.71. The van der Waals surface area contributed by atoms with Crippen LogP contribution < -0.4 is 5.32 Å². The van der Waals surface area contributed by atoms with E-state index in [9.17, 15) is 4.39 Å². The zero-order chi connectivity index (χ0) is 11.4. The van der Waals surface area contributed by atoms with Crippen LogP contribution in [0.5, 0.6) is 0 Å². The summed E-state index contributed by atoms with van der Waals surface area (Å²) in [5, 5.41) is 12.2. The van der Waals surface area contributed by atoms with Crippen LogP contribution in [0, 0.1) is 23.1 Å². The van der Waals surface area contributed by atoms with E-state index < -0.39 is 0 Å². The first-order valence-electron chi connectivity index (χ1n) is 5.71. The highest BCUT2D eigenvalue weighted by molar-refractivity contribution is 5.45. The molecule has 0 amide bonds. The third kappa shape index (κ3) is 2.52. The van der Waals surface area contributed by atoms with Crippen LogP contribution in [-0.2, 0) is 0 Å². The van der Waals surface area contributed by atoms with Crippen LogP contribution >= 0.6 is 0 Å². The molecule has 1 aliphatic carbocycles. The van der Waals surface area contributed by atoms with E-state index in [1.54, 1.807) is 12.1 Å². The first-order chi connectivity index (χ1) is 7.79. The molecule has 1 aromatic carbocycles. The Morgan fingerprint density at radius 3 is 2.75 bits per heavy atom. The van der Waals surface area contributed by atoms with E-state index in [2.05, 4.69) is 11.4 Å². The van der Waals surface area contributed by atoms with Crippen molar-refractivity contribution >= 4 is 5.69 Å². The molecule has 0 aliphatic heterocycles. The summed E-state index contributed by atoms with van der Waals surface area (Å²) in [4.78, 5) is 0. The fraction of sp³-hybridized carbons (Fsp3) is 0.462. The van der Waals surface area contributed by atoms with Crippen molar-refractivity contribution in [1.29, 1.82) is 5.26 Å². The molecule has 1 saturated carbocycles. The molecular weight excluding hydrogens is 203 g/mol. The number of rotatable bonds is 3. The minimum Gasteiger partial charge on any atom is -0.370 e. The molecule has 3 heteroatoms. The molecule has 1 N–H and O–H groups in total. The molecule has 1 fully saturated rings. The maximum Gasteiger partial charge on any atom is 0.125 e. The van der Waals surface area contributed by atoms with E-state index in [1.807, 2.05) is 0 Å². The monoisotopic (exact) mass is 218 g/mol. The number of halogens is 1. The van der Waals surface area contributed by atoms with Gasteiger partial charge in [0.05, 0.1) is 6.07 Å². The topological polar surface area (TPSA) is 35.8 Å². The Morgan fingerprint density at radius 2 is 2.12 bits per heavy atom. The third-order valence-corrected chi connectivity index (χ3v) is 3.16. The molecule has 0 radical (unpaired) electrons. The van der Waals surface area contributed by atoms with E-state index in [0.29, 0.717) is 11.6 Å². The standard InChI is InChI=1S/C13H15FN2/c14-11-6-3-7-12(8-11)16-13(9-15)10-4-1-2-5-10/h3,6-8,10,13,16H,1-2,4-5H2. The summed E-state index contributed by atoms with van der Waals surface area (Å²) in [6, 6.07) is 8.37. The van der Waals surface area contributed by atoms with Crippen LogP contribution in [0.4, 0.5) is 10.1 Å². The maximum atomic E-state index is 13.0. The van der Waals surface area contributed by atoms with Crippen molar-refractivity contribution in [2.45, 2.75) is 31.7 Å². The van der Waals surface area contributed by atoms with Crippen molar-refractivity contribution < 1.29 is 4.39 Å². The lowest BCUT2D eigenvalue weighted by molar-refractivity contribution is 0.519. The Morgan fingerprint density at radius 1 is 1.38 bits per heavy atom. The fourth-order valence-electron chi connectivity index (χ4n) is 2.30. The SMILES string of the molecule is N#CC(Nc1cccc(F)c1)C1CCCC1. The molecule has 1 atom stereocenters. The van der Waals surface area contributed by atoms with Crippen molar-refractivity contribution in [3.8, 4) is 6.07 Å². The smallest absolute Gasteiger partial charge is 0.125 e. The van der Waals surface area contributed by atoms with Gasteiger partial charge in [-0.2, -0.15) is 5.26 Å². The molecule has 2 rings (SSSR count). The predicted molar refractivity (Wildman–Crippen MR) is 61.4 cm³/mol. The molecule has 1 aliphatic rings. The minimum absolute atomic E-state index is 0.190. The number of benzene rings is 1.